The van der Waals surface area contributed by atoms with Crippen molar-refractivity contribution in [1.82, 2.24) is 9.55 Å². The molecule has 0 N–H and O–H groups in total. The van der Waals surface area contributed by atoms with E-state index in [0.717, 1.165) is 10.0 Å². The monoisotopic (exact) mass is 330 g/mol. The smallest absolute Gasteiger partial charge is 0.143 e. The van der Waals surface area contributed by atoms with E-state index in [4.69, 9.17) is 0 Å². The van der Waals surface area contributed by atoms with Crippen molar-refractivity contribution < 1.29 is 4.39 Å². The average molecular weight is 331 g/mol. The van der Waals surface area contributed by atoms with Crippen LogP contribution < -0.4 is 0 Å². The molecule has 0 radical (unpaired) electrons. The normalized spacial score (nSPS) is 10.7. The number of rotatable bonds is 3. The minimum Gasteiger partial charge on any atom is -0.326 e. The van der Waals surface area contributed by atoms with Crippen molar-refractivity contribution >= 4 is 15.9 Å². The second-order valence-electron chi connectivity index (χ2n) is 4.49. The van der Waals surface area contributed by atoms with Gasteiger partial charge in [0.05, 0.1) is 5.56 Å². The summed E-state index contributed by atoms with van der Waals surface area (Å²) < 4.78 is 16.9. The molecule has 0 unspecified atom stereocenters. The molecule has 3 aromatic rings. The number of halogens is 2. The average Bonchev–Trinajstić information content (AvgIpc) is 2.90. The van der Waals surface area contributed by atoms with E-state index in [1.807, 2.05) is 41.1 Å². The first kappa shape index (κ1) is 13.1. The van der Waals surface area contributed by atoms with E-state index in [1.165, 1.54) is 6.07 Å². The first-order valence-electron chi connectivity index (χ1n) is 6.24. The highest BCUT2D eigenvalue weighted by Gasteiger charge is 2.10. The van der Waals surface area contributed by atoms with Gasteiger partial charge < -0.3 is 4.57 Å². The Kier molecular flexibility index (Phi) is 3.65. The van der Waals surface area contributed by atoms with Crippen LogP contribution in [0.5, 0.6) is 0 Å². The van der Waals surface area contributed by atoms with E-state index in [2.05, 4.69) is 20.9 Å². The van der Waals surface area contributed by atoms with Crippen LogP contribution in [0, 0.1) is 5.82 Å². The van der Waals surface area contributed by atoms with Crippen LogP contribution >= 0.6 is 15.9 Å². The minimum atomic E-state index is -0.254. The van der Waals surface area contributed by atoms with Gasteiger partial charge in [-0.3, -0.25) is 0 Å². The molecule has 0 atom stereocenters. The lowest BCUT2D eigenvalue weighted by Crippen LogP contribution is -2.02. The van der Waals surface area contributed by atoms with Crippen molar-refractivity contribution in [3.8, 4) is 11.4 Å². The lowest BCUT2D eigenvalue weighted by Gasteiger charge is -2.09. The molecular weight excluding hydrogens is 319 g/mol. The molecule has 0 aliphatic carbocycles. The van der Waals surface area contributed by atoms with E-state index in [-0.39, 0.29) is 5.82 Å². The number of nitrogens with zero attached hydrogens (tertiary/aromatic N) is 2. The number of benzene rings is 2. The van der Waals surface area contributed by atoms with Gasteiger partial charge >= 0.3 is 0 Å². The van der Waals surface area contributed by atoms with Crippen LogP contribution in [0.3, 0.4) is 0 Å². The SMILES string of the molecule is Fc1ccccc1-c1nccn1Cc1ccc(Br)cc1. The van der Waals surface area contributed by atoms with Crippen LogP contribution in [0.25, 0.3) is 11.4 Å². The van der Waals surface area contributed by atoms with Crippen LogP contribution in [0.2, 0.25) is 0 Å². The van der Waals surface area contributed by atoms with Crippen molar-refractivity contribution in [1.29, 1.82) is 0 Å². The molecule has 4 heteroatoms. The second kappa shape index (κ2) is 5.59. The molecule has 20 heavy (non-hydrogen) atoms. The molecule has 1 heterocycles. The first-order valence-corrected chi connectivity index (χ1v) is 7.04. The van der Waals surface area contributed by atoms with Gasteiger partial charge in [-0.1, -0.05) is 40.2 Å². The van der Waals surface area contributed by atoms with Gasteiger partial charge in [-0.2, -0.15) is 0 Å². The molecule has 2 aromatic carbocycles. The van der Waals surface area contributed by atoms with Gasteiger partial charge in [0.2, 0.25) is 0 Å². The molecule has 0 fully saturated rings. The minimum absolute atomic E-state index is 0.254. The predicted octanol–water partition coefficient (Wildman–Crippen LogP) is 4.50. The molecule has 3 rings (SSSR count). The summed E-state index contributed by atoms with van der Waals surface area (Å²) >= 11 is 3.42. The molecule has 0 saturated heterocycles. The van der Waals surface area contributed by atoms with Gasteiger partial charge in [0, 0.05) is 23.4 Å². The molecule has 0 saturated carbocycles. The fourth-order valence-electron chi connectivity index (χ4n) is 2.11. The summed E-state index contributed by atoms with van der Waals surface area (Å²) in [5, 5.41) is 0. The summed E-state index contributed by atoms with van der Waals surface area (Å²) in [7, 11) is 0. The van der Waals surface area contributed by atoms with Crippen LogP contribution in [0.1, 0.15) is 5.56 Å². The Hall–Kier alpha value is -1.94. The predicted molar refractivity (Wildman–Crippen MR) is 80.9 cm³/mol. The summed E-state index contributed by atoms with van der Waals surface area (Å²) in [6.07, 6.45) is 3.56. The Balaban J connectivity index is 1.95. The molecular formula is C16H12BrFN2. The number of hydrogen-bond acceptors (Lipinski definition) is 1. The van der Waals surface area contributed by atoms with E-state index in [1.54, 1.807) is 18.3 Å². The van der Waals surface area contributed by atoms with Crippen LogP contribution in [0.4, 0.5) is 4.39 Å². The molecule has 0 aliphatic rings. The Morgan fingerprint density at radius 2 is 1.80 bits per heavy atom. The summed E-state index contributed by atoms with van der Waals surface area (Å²) in [6.45, 7) is 0.664. The van der Waals surface area contributed by atoms with Gasteiger partial charge in [-0.25, -0.2) is 9.37 Å². The van der Waals surface area contributed by atoms with E-state index in [9.17, 15) is 4.39 Å². The summed E-state index contributed by atoms with van der Waals surface area (Å²) in [6, 6.07) is 14.8. The maximum absolute atomic E-state index is 13.9. The third kappa shape index (κ3) is 2.65. The van der Waals surface area contributed by atoms with Crippen LogP contribution in [0.15, 0.2) is 65.4 Å². The van der Waals surface area contributed by atoms with Gasteiger partial charge in [0.15, 0.2) is 0 Å². The quantitative estimate of drug-likeness (QED) is 0.691. The highest BCUT2D eigenvalue weighted by atomic mass is 79.9. The highest BCUT2D eigenvalue weighted by Crippen LogP contribution is 2.22. The van der Waals surface area contributed by atoms with Gasteiger partial charge in [0.1, 0.15) is 11.6 Å². The van der Waals surface area contributed by atoms with E-state index >= 15 is 0 Å². The molecule has 0 aliphatic heterocycles. The molecule has 0 amide bonds. The topological polar surface area (TPSA) is 17.8 Å². The van der Waals surface area contributed by atoms with Crippen molar-refractivity contribution in [3.63, 3.8) is 0 Å². The lowest BCUT2D eigenvalue weighted by molar-refractivity contribution is 0.628. The Morgan fingerprint density at radius 3 is 2.55 bits per heavy atom. The molecule has 2 nitrogen and oxygen atoms in total. The number of imidazole rings is 1. The maximum atomic E-state index is 13.9. The largest absolute Gasteiger partial charge is 0.326 e. The Labute approximate surface area is 125 Å². The molecule has 0 bridgehead atoms. The van der Waals surface area contributed by atoms with Gasteiger partial charge in [-0.05, 0) is 29.8 Å². The second-order valence-corrected chi connectivity index (χ2v) is 5.40. The molecule has 100 valence electrons. The van der Waals surface area contributed by atoms with Gasteiger partial charge in [-0.15, -0.1) is 0 Å². The van der Waals surface area contributed by atoms with Crippen molar-refractivity contribution in [2.24, 2.45) is 0 Å². The summed E-state index contributed by atoms with van der Waals surface area (Å²) in [5.41, 5.74) is 1.67. The zero-order valence-corrected chi connectivity index (χ0v) is 12.2. The summed E-state index contributed by atoms with van der Waals surface area (Å²) in [4.78, 5) is 4.27. The third-order valence-corrected chi connectivity index (χ3v) is 3.63. The number of aromatic nitrogens is 2. The van der Waals surface area contributed by atoms with Crippen molar-refractivity contribution in [3.05, 3.63) is 76.8 Å². The summed E-state index contributed by atoms with van der Waals surface area (Å²) in [5.74, 6) is 0.391. The zero-order valence-electron chi connectivity index (χ0n) is 10.6. The Bertz CT molecular complexity index is 719. The van der Waals surface area contributed by atoms with Crippen LogP contribution in [-0.2, 0) is 6.54 Å². The maximum Gasteiger partial charge on any atom is 0.143 e. The fraction of sp³-hybridized carbons (Fsp3) is 0.0625. The lowest BCUT2D eigenvalue weighted by atomic mass is 10.2. The standard InChI is InChI=1S/C16H12BrFN2/c17-13-7-5-12(6-8-13)11-20-10-9-19-16(20)14-3-1-2-4-15(14)18/h1-10H,11H2. The van der Waals surface area contributed by atoms with Crippen molar-refractivity contribution in [2.45, 2.75) is 6.54 Å². The van der Waals surface area contributed by atoms with E-state index < -0.39 is 0 Å². The molecule has 1 aromatic heterocycles. The zero-order chi connectivity index (χ0) is 13.9. The Morgan fingerprint density at radius 1 is 1.05 bits per heavy atom. The van der Waals surface area contributed by atoms with Crippen molar-refractivity contribution in [2.75, 3.05) is 0 Å². The van der Waals surface area contributed by atoms with Gasteiger partial charge in [0.25, 0.3) is 0 Å². The fourth-order valence-corrected chi connectivity index (χ4v) is 2.37. The highest BCUT2D eigenvalue weighted by molar-refractivity contribution is 9.10. The van der Waals surface area contributed by atoms with Crippen LogP contribution in [-0.4, -0.2) is 9.55 Å². The number of hydrogen-bond donors (Lipinski definition) is 0. The molecule has 0 spiro atoms. The van der Waals surface area contributed by atoms with E-state index in [0.29, 0.717) is 17.9 Å². The first-order chi connectivity index (χ1) is 9.74. The third-order valence-electron chi connectivity index (χ3n) is 3.10.